The van der Waals surface area contributed by atoms with Gasteiger partial charge < -0.3 is 14.8 Å². The van der Waals surface area contributed by atoms with E-state index < -0.39 is 0 Å². The standard InChI is InChI=1S/C12H15N5O/c1-16(2)11-6-9(4-5-13-11)15-12(18)10-7-17(3)8-14-10/h4-8H,1-3H3,(H,13,15,18). The Kier molecular flexibility index (Phi) is 3.27. The van der Waals surface area contributed by atoms with Crippen LogP contribution in [0.3, 0.4) is 0 Å². The lowest BCUT2D eigenvalue weighted by Gasteiger charge is -2.12. The van der Waals surface area contributed by atoms with Crippen molar-refractivity contribution in [3.05, 3.63) is 36.5 Å². The normalized spacial score (nSPS) is 10.2. The number of imidazole rings is 1. The third-order valence-corrected chi connectivity index (χ3v) is 2.40. The van der Waals surface area contributed by atoms with E-state index in [9.17, 15) is 4.79 Å². The van der Waals surface area contributed by atoms with Crippen molar-refractivity contribution in [2.75, 3.05) is 24.3 Å². The van der Waals surface area contributed by atoms with Crippen LogP contribution in [0.4, 0.5) is 11.5 Å². The van der Waals surface area contributed by atoms with Gasteiger partial charge in [-0.05, 0) is 6.07 Å². The Bertz CT molecular complexity index is 561. The molecule has 0 atom stereocenters. The van der Waals surface area contributed by atoms with Crippen LogP contribution in [0.25, 0.3) is 0 Å². The van der Waals surface area contributed by atoms with Gasteiger partial charge in [-0.25, -0.2) is 9.97 Å². The highest BCUT2D eigenvalue weighted by Gasteiger charge is 2.09. The Hall–Kier alpha value is -2.37. The summed E-state index contributed by atoms with van der Waals surface area (Å²) in [5, 5.41) is 2.79. The summed E-state index contributed by atoms with van der Waals surface area (Å²) in [6, 6.07) is 3.55. The van der Waals surface area contributed by atoms with Gasteiger partial charge in [0.15, 0.2) is 0 Å². The Labute approximate surface area is 105 Å². The van der Waals surface area contributed by atoms with Crippen molar-refractivity contribution in [2.24, 2.45) is 7.05 Å². The summed E-state index contributed by atoms with van der Waals surface area (Å²) in [5.74, 6) is 0.556. The van der Waals surface area contributed by atoms with Gasteiger partial charge >= 0.3 is 0 Å². The van der Waals surface area contributed by atoms with Crippen molar-refractivity contribution in [3.8, 4) is 0 Å². The van der Waals surface area contributed by atoms with Crippen LogP contribution in [0.15, 0.2) is 30.9 Å². The molecule has 1 N–H and O–H groups in total. The first-order valence-electron chi connectivity index (χ1n) is 5.49. The molecule has 2 heterocycles. The monoisotopic (exact) mass is 245 g/mol. The van der Waals surface area contributed by atoms with Gasteiger partial charge in [0.25, 0.3) is 5.91 Å². The van der Waals surface area contributed by atoms with Crippen molar-refractivity contribution in [3.63, 3.8) is 0 Å². The number of aromatic nitrogens is 3. The summed E-state index contributed by atoms with van der Waals surface area (Å²) in [6.45, 7) is 0. The molecule has 2 aromatic rings. The quantitative estimate of drug-likeness (QED) is 0.880. The molecule has 0 aliphatic rings. The van der Waals surface area contributed by atoms with Gasteiger partial charge in [0.2, 0.25) is 0 Å². The summed E-state index contributed by atoms with van der Waals surface area (Å²) >= 11 is 0. The zero-order valence-electron chi connectivity index (χ0n) is 10.6. The zero-order valence-corrected chi connectivity index (χ0v) is 10.6. The van der Waals surface area contributed by atoms with E-state index in [2.05, 4.69) is 15.3 Å². The van der Waals surface area contributed by atoms with E-state index in [4.69, 9.17) is 0 Å². The van der Waals surface area contributed by atoms with E-state index in [1.54, 1.807) is 35.4 Å². The fourth-order valence-corrected chi connectivity index (χ4v) is 1.47. The number of carbonyl (C=O) groups is 1. The lowest BCUT2D eigenvalue weighted by Crippen LogP contribution is -2.14. The van der Waals surface area contributed by atoms with Crippen LogP contribution in [0, 0.1) is 0 Å². The SMILES string of the molecule is CN(C)c1cc(NC(=O)c2cn(C)cn2)ccn1. The minimum absolute atomic E-state index is 0.230. The Morgan fingerprint density at radius 1 is 1.39 bits per heavy atom. The summed E-state index contributed by atoms with van der Waals surface area (Å²) in [7, 11) is 5.61. The predicted octanol–water partition coefficient (Wildman–Crippen LogP) is 1.13. The summed E-state index contributed by atoms with van der Waals surface area (Å²) in [5.41, 5.74) is 1.09. The van der Waals surface area contributed by atoms with Crippen LogP contribution in [0.2, 0.25) is 0 Å². The van der Waals surface area contributed by atoms with Crippen molar-refractivity contribution < 1.29 is 4.79 Å². The first kappa shape index (κ1) is 12.1. The fraction of sp³-hybridized carbons (Fsp3) is 0.250. The van der Waals surface area contributed by atoms with Gasteiger partial charge in [0.1, 0.15) is 11.5 Å². The highest BCUT2D eigenvalue weighted by Crippen LogP contribution is 2.14. The molecular formula is C12H15N5O. The maximum atomic E-state index is 11.9. The number of hydrogen-bond acceptors (Lipinski definition) is 4. The van der Waals surface area contributed by atoms with Gasteiger partial charge in [0.05, 0.1) is 6.33 Å². The van der Waals surface area contributed by atoms with Crippen molar-refractivity contribution in [1.29, 1.82) is 0 Å². The van der Waals surface area contributed by atoms with Crippen LogP contribution in [-0.2, 0) is 7.05 Å². The van der Waals surface area contributed by atoms with Crippen molar-refractivity contribution in [1.82, 2.24) is 14.5 Å². The summed E-state index contributed by atoms with van der Waals surface area (Å²) in [4.78, 5) is 21.9. The topological polar surface area (TPSA) is 63.1 Å². The smallest absolute Gasteiger partial charge is 0.275 e. The van der Waals surface area contributed by atoms with Crippen LogP contribution in [0.5, 0.6) is 0 Å². The van der Waals surface area contributed by atoms with Gasteiger partial charge in [0, 0.05) is 45.3 Å². The highest BCUT2D eigenvalue weighted by atomic mass is 16.1. The van der Waals surface area contributed by atoms with Gasteiger partial charge in [-0.2, -0.15) is 0 Å². The second-order valence-electron chi connectivity index (χ2n) is 4.18. The van der Waals surface area contributed by atoms with E-state index in [0.717, 1.165) is 5.82 Å². The number of carbonyl (C=O) groups excluding carboxylic acids is 1. The first-order chi connectivity index (χ1) is 8.56. The van der Waals surface area contributed by atoms with Crippen molar-refractivity contribution >= 4 is 17.4 Å². The largest absolute Gasteiger partial charge is 0.363 e. The molecule has 94 valence electrons. The number of amides is 1. The molecule has 0 aliphatic heterocycles. The maximum absolute atomic E-state index is 11.9. The fourth-order valence-electron chi connectivity index (χ4n) is 1.47. The lowest BCUT2D eigenvalue weighted by molar-refractivity contribution is 0.102. The molecule has 0 aliphatic carbocycles. The van der Waals surface area contributed by atoms with E-state index in [1.165, 1.54) is 0 Å². The summed E-state index contributed by atoms with van der Waals surface area (Å²) in [6.07, 6.45) is 4.92. The van der Waals surface area contributed by atoms with Gasteiger partial charge in [-0.15, -0.1) is 0 Å². The number of hydrogen-bond donors (Lipinski definition) is 1. The molecular weight excluding hydrogens is 230 g/mol. The van der Waals surface area contributed by atoms with Crippen LogP contribution < -0.4 is 10.2 Å². The second-order valence-corrected chi connectivity index (χ2v) is 4.18. The Morgan fingerprint density at radius 2 is 2.17 bits per heavy atom. The molecule has 0 fully saturated rings. The first-order valence-corrected chi connectivity index (χ1v) is 5.49. The Morgan fingerprint density at radius 3 is 2.78 bits per heavy atom. The Balaban J connectivity index is 2.14. The van der Waals surface area contributed by atoms with E-state index in [1.807, 2.05) is 26.0 Å². The number of anilines is 2. The maximum Gasteiger partial charge on any atom is 0.275 e. The van der Waals surface area contributed by atoms with Crippen molar-refractivity contribution in [2.45, 2.75) is 0 Å². The molecule has 0 unspecified atom stereocenters. The zero-order chi connectivity index (χ0) is 13.1. The van der Waals surface area contributed by atoms with Crippen LogP contribution >= 0.6 is 0 Å². The molecule has 0 aromatic carbocycles. The number of rotatable bonds is 3. The van der Waals surface area contributed by atoms with Gasteiger partial charge in [-0.1, -0.05) is 0 Å². The molecule has 0 radical (unpaired) electrons. The summed E-state index contributed by atoms with van der Waals surface area (Å²) < 4.78 is 1.73. The minimum atomic E-state index is -0.230. The molecule has 6 heteroatoms. The molecule has 18 heavy (non-hydrogen) atoms. The molecule has 0 bridgehead atoms. The van der Waals surface area contributed by atoms with Crippen LogP contribution in [0.1, 0.15) is 10.5 Å². The molecule has 0 spiro atoms. The highest BCUT2D eigenvalue weighted by molar-refractivity contribution is 6.02. The average Bonchev–Trinajstić information content (AvgIpc) is 2.76. The molecule has 1 amide bonds. The number of pyridine rings is 1. The number of aryl methyl sites for hydroxylation is 1. The molecule has 2 rings (SSSR count). The predicted molar refractivity (Wildman–Crippen MR) is 69.7 cm³/mol. The minimum Gasteiger partial charge on any atom is -0.363 e. The molecule has 2 aromatic heterocycles. The average molecular weight is 245 g/mol. The molecule has 6 nitrogen and oxygen atoms in total. The lowest BCUT2D eigenvalue weighted by atomic mass is 10.3. The number of nitrogens with zero attached hydrogens (tertiary/aromatic N) is 4. The molecule has 0 saturated carbocycles. The van der Waals surface area contributed by atoms with E-state index in [-0.39, 0.29) is 5.91 Å². The van der Waals surface area contributed by atoms with E-state index >= 15 is 0 Å². The third kappa shape index (κ3) is 2.65. The van der Waals surface area contributed by atoms with E-state index in [0.29, 0.717) is 11.4 Å². The van der Waals surface area contributed by atoms with Crippen LogP contribution in [-0.4, -0.2) is 34.5 Å². The number of nitrogens with one attached hydrogen (secondary N) is 1. The van der Waals surface area contributed by atoms with Gasteiger partial charge in [-0.3, -0.25) is 4.79 Å². The third-order valence-electron chi connectivity index (χ3n) is 2.40. The second kappa shape index (κ2) is 4.87. The molecule has 0 saturated heterocycles.